The summed E-state index contributed by atoms with van der Waals surface area (Å²) in [6.07, 6.45) is 23.8. The first-order valence-corrected chi connectivity index (χ1v) is 37.9. The van der Waals surface area contributed by atoms with E-state index >= 15 is 0 Å². The van der Waals surface area contributed by atoms with E-state index in [1.807, 2.05) is 41.5 Å². The summed E-state index contributed by atoms with van der Waals surface area (Å²) < 4.78 is 0. The molecule has 0 heterocycles. The van der Waals surface area contributed by atoms with E-state index in [-0.39, 0.29) is 36.1 Å². The Bertz CT molecular complexity index is 3120. The fraction of sp³-hybridized carbons (Fsp3) is 0.679. The van der Waals surface area contributed by atoms with Gasteiger partial charge in [-0.25, -0.2) is 0 Å². The van der Waals surface area contributed by atoms with Crippen LogP contribution in [0.5, 0.6) is 0 Å². The molecule has 0 radical (unpaired) electrons. The van der Waals surface area contributed by atoms with Crippen LogP contribution in [-0.4, -0.2) is 203 Å². The van der Waals surface area contributed by atoms with E-state index in [9.17, 15) is 106 Å². The molecular formula is C84H132O21. The molecular weight excluding hydrogens is 1340 g/mol. The predicted octanol–water partition coefficient (Wildman–Crippen LogP) is 10.2. The number of carboxylic acid groups (broad SMARTS) is 3. The highest BCUT2D eigenvalue weighted by Crippen LogP contribution is 2.39. The minimum absolute atomic E-state index is 0.0966. The molecule has 594 valence electrons. The minimum atomic E-state index is -0.888. The van der Waals surface area contributed by atoms with Gasteiger partial charge in [0.25, 0.3) is 0 Å². The molecule has 12 unspecified atom stereocenters. The second-order valence-corrected chi connectivity index (χ2v) is 34.4. The molecule has 0 aromatic carbocycles. The highest BCUT2D eigenvalue weighted by Gasteiger charge is 2.34. The first-order chi connectivity index (χ1) is 48.8. The Morgan fingerprint density at radius 3 is 0.486 bits per heavy atom. The molecule has 0 spiro atoms. The summed E-state index contributed by atoms with van der Waals surface area (Å²) in [6.45, 7) is 22.3. The standard InChI is InChI=1S/C28H42O8.C28H44O7.C28H46O6/c1-27(2,25(33)34)11-5-7-17-13-21(29)15-19(23(17)31)9-10-20-16-22(30)14-18(24(20)32)8-6-12-28(3,4)26(35)36;1-27(2,17-29)11-5-7-18-13-22(30)15-20(24(18)32)9-10-21-16-23(31)14-19(25(21)33)8-6-12-28(3,4)26(34)35;1-27(2,17-29)11-5-7-19-13-23(31)15-21(25(19)33)9-10-22-16-24(32)14-20(26(22)34)8-6-12-28(3,4)18-30/h13-16,21-24,29-32H,5-12H2,1-4H3,(H,33,34)(H,35,36);13-16,22-25,29-33H,5-12,17H2,1-4H3,(H,34,35);13-16,23-26,29-34H,5-12,17-18H2,1-4H3. The summed E-state index contributed by atoms with van der Waals surface area (Å²) in [6, 6.07) is 0. The SMILES string of the molecule is CC(C)(CCCC1=CC(O)C=C(CCC2=CC(O)C=C(CCCC(C)(C)C(=O)O)C2O)C1O)C(=O)O.CC(C)(CO)CCCC1=CC(O)C=C(CCC2=CC(O)C=C(CCCC(C)(C)C(=O)O)C2O)C1O.CC(C)(CO)CCCC1=CC(O)C=C(CCC2=CC(O)C=C(CCCC(C)(C)CO)C2O)C1O. The third-order valence-corrected chi connectivity index (χ3v) is 21.7. The van der Waals surface area contributed by atoms with Crippen molar-refractivity contribution >= 4 is 17.9 Å². The molecule has 18 N–H and O–H groups in total. The van der Waals surface area contributed by atoms with Crippen LogP contribution in [0.25, 0.3) is 0 Å². The minimum Gasteiger partial charge on any atom is -0.481 e. The maximum atomic E-state index is 11.3. The average Bonchev–Trinajstić information content (AvgIpc) is 0.835. The van der Waals surface area contributed by atoms with E-state index < -0.39 is 107 Å². The number of carbonyl (C=O) groups is 3. The maximum absolute atomic E-state index is 11.3. The molecule has 0 aromatic heterocycles. The topological polar surface area (TPSA) is 415 Å². The van der Waals surface area contributed by atoms with E-state index in [2.05, 4.69) is 0 Å². The van der Waals surface area contributed by atoms with E-state index in [1.165, 1.54) is 0 Å². The lowest BCUT2D eigenvalue weighted by molar-refractivity contribution is -0.148. The van der Waals surface area contributed by atoms with Crippen LogP contribution < -0.4 is 0 Å². The Morgan fingerprint density at radius 2 is 0.362 bits per heavy atom. The summed E-state index contributed by atoms with van der Waals surface area (Å²) in [7, 11) is 0. The Morgan fingerprint density at radius 1 is 0.238 bits per heavy atom. The van der Waals surface area contributed by atoms with Crippen molar-refractivity contribution in [2.24, 2.45) is 32.5 Å². The molecule has 6 aliphatic rings. The van der Waals surface area contributed by atoms with Gasteiger partial charge in [0, 0.05) is 19.8 Å². The number of rotatable bonds is 39. The Kier molecular flexibility index (Phi) is 36.4. The van der Waals surface area contributed by atoms with Gasteiger partial charge in [0.2, 0.25) is 0 Å². The predicted molar refractivity (Wildman–Crippen MR) is 407 cm³/mol. The van der Waals surface area contributed by atoms with Gasteiger partial charge >= 0.3 is 17.9 Å². The normalized spacial score (nSPS) is 25.5. The van der Waals surface area contributed by atoms with Gasteiger partial charge in [-0.15, -0.1) is 0 Å². The number of aliphatic hydroxyl groups is 15. The van der Waals surface area contributed by atoms with Crippen LogP contribution >= 0.6 is 0 Å². The first kappa shape index (κ1) is 92.1. The molecule has 0 amide bonds. The lowest BCUT2D eigenvalue weighted by atomic mass is 9.81. The third kappa shape index (κ3) is 30.2. The van der Waals surface area contributed by atoms with Crippen molar-refractivity contribution in [3.05, 3.63) is 140 Å². The van der Waals surface area contributed by atoms with E-state index in [4.69, 9.17) is 0 Å². The quantitative estimate of drug-likeness (QED) is 0.0254. The van der Waals surface area contributed by atoms with Gasteiger partial charge in [0.15, 0.2) is 0 Å². The molecule has 0 saturated carbocycles. The molecule has 0 bridgehead atoms. The van der Waals surface area contributed by atoms with Gasteiger partial charge < -0.3 is 91.9 Å². The van der Waals surface area contributed by atoms with Crippen molar-refractivity contribution in [3.8, 4) is 0 Å². The van der Waals surface area contributed by atoms with Crippen molar-refractivity contribution in [1.82, 2.24) is 0 Å². The zero-order valence-electron chi connectivity index (χ0n) is 64.7. The number of carboxylic acids is 3. The Balaban J connectivity index is 0.000000333. The van der Waals surface area contributed by atoms with Crippen LogP contribution in [0.15, 0.2) is 140 Å². The fourth-order valence-corrected chi connectivity index (χ4v) is 14.0. The summed E-state index contributed by atoms with van der Waals surface area (Å²) in [5.41, 5.74) is 5.32. The number of hydrogen-bond donors (Lipinski definition) is 18. The van der Waals surface area contributed by atoms with Crippen LogP contribution in [0.3, 0.4) is 0 Å². The number of hydrogen-bond acceptors (Lipinski definition) is 18. The van der Waals surface area contributed by atoms with Gasteiger partial charge in [-0.3, -0.25) is 14.4 Å². The molecule has 21 heteroatoms. The van der Waals surface area contributed by atoms with E-state index in [0.717, 1.165) is 66.4 Å². The highest BCUT2D eigenvalue weighted by atomic mass is 16.4. The zero-order chi connectivity index (χ0) is 79.2. The molecule has 21 nitrogen and oxygen atoms in total. The van der Waals surface area contributed by atoms with Crippen molar-refractivity contribution < 1.29 is 106 Å². The van der Waals surface area contributed by atoms with Gasteiger partial charge in [-0.05, 0) is 279 Å². The lowest BCUT2D eigenvalue weighted by Gasteiger charge is -2.29. The first-order valence-electron chi connectivity index (χ1n) is 37.9. The van der Waals surface area contributed by atoms with Crippen LogP contribution in [0.4, 0.5) is 0 Å². The summed E-state index contributed by atoms with van der Waals surface area (Å²) in [5.74, 6) is -2.60. The van der Waals surface area contributed by atoms with E-state index in [1.54, 1.807) is 114 Å². The van der Waals surface area contributed by atoms with Crippen molar-refractivity contribution in [2.45, 2.75) is 310 Å². The fourth-order valence-electron chi connectivity index (χ4n) is 14.0. The van der Waals surface area contributed by atoms with Crippen molar-refractivity contribution in [3.63, 3.8) is 0 Å². The Hall–Kier alpha value is -5.31. The van der Waals surface area contributed by atoms with E-state index in [0.29, 0.717) is 155 Å². The van der Waals surface area contributed by atoms with Crippen molar-refractivity contribution in [2.75, 3.05) is 19.8 Å². The monoisotopic (exact) mass is 1480 g/mol. The maximum Gasteiger partial charge on any atom is 0.309 e. The van der Waals surface area contributed by atoms with Crippen LogP contribution in [0, 0.1) is 32.5 Å². The van der Waals surface area contributed by atoms with Crippen LogP contribution in [0.2, 0.25) is 0 Å². The number of aliphatic carboxylic acids is 3. The summed E-state index contributed by atoms with van der Waals surface area (Å²) >= 11 is 0. The molecule has 0 saturated heterocycles. The molecule has 6 rings (SSSR count). The smallest absolute Gasteiger partial charge is 0.309 e. The Labute approximate surface area is 624 Å². The van der Waals surface area contributed by atoms with Gasteiger partial charge in [-0.2, -0.15) is 0 Å². The molecule has 0 aromatic rings. The van der Waals surface area contributed by atoms with Crippen molar-refractivity contribution in [1.29, 1.82) is 0 Å². The van der Waals surface area contributed by atoms with Crippen LogP contribution in [-0.2, 0) is 14.4 Å². The van der Waals surface area contributed by atoms with Crippen LogP contribution in [0.1, 0.15) is 237 Å². The lowest BCUT2D eigenvalue weighted by Crippen LogP contribution is -2.26. The molecule has 6 aliphatic carbocycles. The molecule has 105 heavy (non-hydrogen) atoms. The molecule has 12 atom stereocenters. The third-order valence-electron chi connectivity index (χ3n) is 21.7. The van der Waals surface area contributed by atoms with Gasteiger partial charge in [-0.1, -0.05) is 114 Å². The van der Waals surface area contributed by atoms with Gasteiger partial charge in [0.05, 0.1) is 89.5 Å². The second kappa shape index (κ2) is 41.5. The number of aliphatic hydroxyl groups excluding tert-OH is 15. The average molecular weight is 1480 g/mol. The molecule has 0 fully saturated rings. The summed E-state index contributed by atoms with van der Waals surface area (Å²) in [5, 5.41) is 183. The summed E-state index contributed by atoms with van der Waals surface area (Å²) in [4.78, 5) is 34.0. The largest absolute Gasteiger partial charge is 0.481 e. The highest BCUT2D eigenvalue weighted by molar-refractivity contribution is 5.74. The zero-order valence-corrected chi connectivity index (χ0v) is 64.7. The molecule has 0 aliphatic heterocycles. The second-order valence-electron chi connectivity index (χ2n) is 34.4. The van der Waals surface area contributed by atoms with Gasteiger partial charge in [0.1, 0.15) is 0 Å².